The molecule has 1 atom stereocenters. The Balaban J connectivity index is 2.68. The van der Waals surface area contributed by atoms with E-state index >= 15 is 0 Å². The minimum absolute atomic E-state index is 0.768. The molecule has 0 saturated heterocycles. The highest BCUT2D eigenvalue weighted by Crippen LogP contribution is 2.19. The molecule has 1 unspecified atom stereocenters. The normalized spacial score (nSPS) is 12.8. The molecule has 1 heterocycles. The Kier molecular flexibility index (Phi) is 7.90. The third-order valence-corrected chi connectivity index (χ3v) is 4.23. The van der Waals surface area contributed by atoms with Crippen molar-refractivity contribution in [3.63, 3.8) is 0 Å². The first kappa shape index (κ1) is 17.2. The van der Waals surface area contributed by atoms with Gasteiger partial charge in [0.2, 0.25) is 0 Å². The summed E-state index contributed by atoms with van der Waals surface area (Å²) in [6.07, 6.45) is 6.39. The Morgan fingerprint density at radius 1 is 1.15 bits per heavy atom. The highest BCUT2D eigenvalue weighted by atomic mass is 15.3. The monoisotopic (exact) mass is 279 g/mol. The third kappa shape index (κ3) is 4.93. The summed E-state index contributed by atoms with van der Waals surface area (Å²) in [5.41, 5.74) is 3.93. The van der Waals surface area contributed by atoms with E-state index in [2.05, 4.69) is 44.6 Å². The topological polar surface area (TPSA) is 29.9 Å². The van der Waals surface area contributed by atoms with Crippen LogP contribution in [0.25, 0.3) is 0 Å². The molecule has 0 aliphatic carbocycles. The molecular formula is C17H33N3. The van der Waals surface area contributed by atoms with Crippen LogP contribution in [0, 0.1) is 19.8 Å². The zero-order chi connectivity index (χ0) is 15.0. The van der Waals surface area contributed by atoms with Crippen LogP contribution in [-0.4, -0.2) is 16.3 Å². The van der Waals surface area contributed by atoms with Gasteiger partial charge in [0.15, 0.2) is 0 Å². The van der Waals surface area contributed by atoms with Crippen molar-refractivity contribution in [1.82, 2.24) is 15.1 Å². The van der Waals surface area contributed by atoms with E-state index in [0.29, 0.717) is 0 Å². The third-order valence-electron chi connectivity index (χ3n) is 4.23. The lowest BCUT2D eigenvalue weighted by molar-refractivity contribution is 0.367. The zero-order valence-electron chi connectivity index (χ0n) is 14.1. The van der Waals surface area contributed by atoms with Gasteiger partial charge >= 0.3 is 0 Å². The highest BCUT2D eigenvalue weighted by molar-refractivity contribution is 5.24. The SMILES string of the molecule is CCCCC(CC)Cn1nc(C)c(CNCCC)c1C. The van der Waals surface area contributed by atoms with Crippen molar-refractivity contribution in [2.24, 2.45) is 5.92 Å². The van der Waals surface area contributed by atoms with E-state index in [1.165, 1.54) is 49.1 Å². The fraction of sp³-hybridized carbons (Fsp3) is 0.824. The number of unbranched alkanes of at least 4 members (excludes halogenated alkanes) is 1. The quantitative estimate of drug-likeness (QED) is 0.650. The van der Waals surface area contributed by atoms with Crippen molar-refractivity contribution in [1.29, 1.82) is 0 Å². The van der Waals surface area contributed by atoms with Gasteiger partial charge in [0.1, 0.15) is 0 Å². The lowest BCUT2D eigenvalue weighted by atomic mass is 9.99. The average Bonchev–Trinajstić information content (AvgIpc) is 2.70. The molecule has 0 amide bonds. The van der Waals surface area contributed by atoms with E-state index in [-0.39, 0.29) is 0 Å². The molecule has 1 rings (SSSR count). The number of hydrogen-bond acceptors (Lipinski definition) is 2. The number of nitrogens with one attached hydrogen (secondary N) is 1. The van der Waals surface area contributed by atoms with Crippen molar-refractivity contribution in [3.8, 4) is 0 Å². The summed E-state index contributed by atoms with van der Waals surface area (Å²) in [5.74, 6) is 0.768. The minimum atomic E-state index is 0.768. The maximum Gasteiger partial charge on any atom is 0.0641 e. The first-order valence-corrected chi connectivity index (χ1v) is 8.37. The van der Waals surface area contributed by atoms with Crippen LogP contribution in [0.1, 0.15) is 69.8 Å². The summed E-state index contributed by atoms with van der Waals surface area (Å²) in [4.78, 5) is 0. The van der Waals surface area contributed by atoms with Crippen LogP contribution in [0.2, 0.25) is 0 Å². The van der Waals surface area contributed by atoms with Gasteiger partial charge in [-0.25, -0.2) is 0 Å². The van der Waals surface area contributed by atoms with Gasteiger partial charge in [-0.15, -0.1) is 0 Å². The molecule has 0 aliphatic rings. The van der Waals surface area contributed by atoms with Gasteiger partial charge in [-0.2, -0.15) is 5.10 Å². The number of aryl methyl sites for hydroxylation is 1. The van der Waals surface area contributed by atoms with Gasteiger partial charge in [-0.3, -0.25) is 4.68 Å². The summed E-state index contributed by atoms with van der Waals surface area (Å²) in [6, 6.07) is 0. The number of rotatable bonds is 10. The van der Waals surface area contributed by atoms with Crippen molar-refractivity contribution in [2.45, 2.75) is 79.8 Å². The minimum Gasteiger partial charge on any atom is -0.313 e. The molecule has 0 fully saturated rings. The Morgan fingerprint density at radius 3 is 2.50 bits per heavy atom. The van der Waals surface area contributed by atoms with Crippen LogP contribution in [0.3, 0.4) is 0 Å². The molecule has 0 saturated carbocycles. The number of hydrogen-bond donors (Lipinski definition) is 1. The molecule has 20 heavy (non-hydrogen) atoms. The first-order valence-electron chi connectivity index (χ1n) is 8.37. The lowest BCUT2D eigenvalue weighted by Crippen LogP contribution is -2.16. The smallest absolute Gasteiger partial charge is 0.0641 e. The molecule has 0 bridgehead atoms. The molecular weight excluding hydrogens is 246 g/mol. The maximum atomic E-state index is 4.76. The fourth-order valence-electron chi connectivity index (χ4n) is 2.72. The Hall–Kier alpha value is -0.830. The van der Waals surface area contributed by atoms with Crippen LogP contribution in [-0.2, 0) is 13.1 Å². The molecule has 0 radical (unpaired) electrons. The van der Waals surface area contributed by atoms with Crippen LogP contribution in [0.15, 0.2) is 0 Å². The van der Waals surface area contributed by atoms with Crippen LogP contribution < -0.4 is 5.32 Å². The van der Waals surface area contributed by atoms with Crippen molar-refractivity contribution < 1.29 is 0 Å². The summed E-state index contributed by atoms with van der Waals surface area (Å²) in [5, 5.41) is 8.26. The Morgan fingerprint density at radius 2 is 1.90 bits per heavy atom. The van der Waals surface area contributed by atoms with Gasteiger partial charge in [-0.05, 0) is 39.2 Å². The average molecular weight is 279 g/mol. The van der Waals surface area contributed by atoms with Gasteiger partial charge in [0, 0.05) is 24.3 Å². The molecule has 1 aromatic heterocycles. The van der Waals surface area contributed by atoms with Gasteiger partial charge in [0.05, 0.1) is 5.69 Å². The van der Waals surface area contributed by atoms with E-state index in [1.54, 1.807) is 0 Å². The predicted octanol–water partition coefficient (Wildman–Crippen LogP) is 4.22. The number of nitrogens with zero attached hydrogens (tertiary/aromatic N) is 2. The Labute approximate surface area is 125 Å². The second kappa shape index (κ2) is 9.17. The largest absolute Gasteiger partial charge is 0.313 e. The van der Waals surface area contributed by atoms with Crippen molar-refractivity contribution in [2.75, 3.05) is 6.54 Å². The molecule has 0 aliphatic heterocycles. The second-order valence-corrected chi connectivity index (χ2v) is 5.92. The lowest BCUT2D eigenvalue weighted by Gasteiger charge is -2.15. The standard InChI is InChI=1S/C17H33N3/c1-6-9-10-16(8-3)13-20-15(5)17(14(4)19-20)12-18-11-7-2/h16,18H,6-13H2,1-5H3. The summed E-state index contributed by atoms with van der Waals surface area (Å²) in [7, 11) is 0. The van der Waals surface area contributed by atoms with Gasteiger partial charge in [0.25, 0.3) is 0 Å². The molecule has 3 heteroatoms. The maximum absolute atomic E-state index is 4.76. The van der Waals surface area contributed by atoms with Crippen molar-refractivity contribution >= 4 is 0 Å². The molecule has 3 nitrogen and oxygen atoms in total. The van der Waals surface area contributed by atoms with E-state index in [0.717, 1.165) is 25.6 Å². The number of aromatic nitrogens is 2. The first-order chi connectivity index (χ1) is 9.63. The summed E-state index contributed by atoms with van der Waals surface area (Å²) >= 11 is 0. The summed E-state index contributed by atoms with van der Waals surface area (Å²) in [6.45, 7) is 14.3. The van der Waals surface area contributed by atoms with Gasteiger partial charge in [-0.1, -0.05) is 40.0 Å². The van der Waals surface area contributed by atoms with Crippen molar-refractivity contribution in [3.05, 3.63) is 17.0 Å². The molecule has 0 spiro atoms. The van der Waals surface area contributed by atoms with E-state index < -0.39 is 0 Å². The predicted molar refractivity (Wildman–Crippen MR) is 87.0 cm³/mol. The van der Waals surface area contributed by atoms with Crippen LogP contribution in [0.5, 0.6) is 0 Å². The summed E-state index contributed by atoms with van der Waals surface area (Å²) < 4.78 is 2.24. The molecule has 1 N–H and O–H groups in total. The molecule has 0 aromatic carbocycles. The fourth-order valence-corrected chi connectivity index (χ4v) is 2.72. The van der Waals surface area contributed by atoms with E-state index in [4.69, 9.17) is 5.10 Å². The van der Waals surface area contributed by atoms with E-state index in [9.17, 15) is 0 Å². The zero-order valence-corrected chi connectivity index (χ0v) is 14.1. The van der Waals surface area contributed by atoms with Crippen LogP contribution in [0.4, 0.5) is 0 Å². The van der Waals surface area contributed by atoms with Crippen LogP contribution >= 0.6 is 0 Å². The molecule has 116 valence electrons. The second-order valence-electron chi connectivity index (χ2n) is 5.92. The Bertz CT molecular complexity index is 382. The molecule has 1 aromatic rings. The van der Waals surface area contributed by atoms with Gasteiger partial charge < -0.3 is 5.32 Å². The highest BCUT2D eigenvalue weighted by Gasteiger charge is 2.14. The van der Waals surface area contributed by atoms with E-state index in [1.807, 2.05) is 0 Å².